The van der Waals surface area contributed by atoms with E-state index in [1.165, 1.54) is 0 Å². The van der Waals surface area contributed by atoms with Crippen molar-refractivity contribution in [1.29, 1.82) is 0 Å². The summed E-state index contributed by atoms with van der Waals surface area (Å²) in [5.74, 6) is -0.125. The number of amides is 1. The highest BCUT2D eigenvalue weighted by molar-refractivity contribution is 7.80. The lowest BCUT2D eigenvalue weighted by Gasteiger charge is -2.10. The maximum absolute atomic E-state index is 10.9. The fourth-order valence-electron chi connectivity index (χ4n) is 0.910. The molecule has 0 spiro atoms. The van der Waals surface area contributed by atoms with Crippen molar-refractivity contribution in [3.63, 3.8) is 0 Å². The molecule has 0 radical (unpaired) electrons. The number of benzene rings is 1. The lowest BCUT2D eigenvalue weighted by molar-refractivity contribution is -0.121. The van der Waals surface area contributed by atoms with Gasteiger partial charge in [-0.25, -0.2) is 0 Å². The molecule has 4 nitrogen and oxygen atoms in total. The molecule has 0 heterocycles. The van der Waals surface area contributed by atoms with Gasteiger partial charge in [-0.15, -0.1) is 0 Å². The average Bonchev–Trinajstić information content (AvgIpc) is 2.29. The molecule has 1 aromatic rings. The van der Waals surface area contributed by atoms with Gasteiger partial charge in [-0.1, -0.05) is 18.5 Å². The summed E-state index contributed by atoms with van der Waals surface area (Å²) in [5, 5.41) is 3.88. The number of nitrogens with one attached hydrogen (secondary N) is 3. The number of hydrogen-bond donors (Lipinski definition) is 3. The van der Waals surface area contributed by atoms with Crippen LogP contribution in [0.2, 0.25) is 5.02 Å². The summed E-state index contributed by atoms with van der Waals surface area (Å²) in [6, 6.07) is 7.07. The van der Waals surface area contributed by atoms with Gasteiger partial charge in [0, 0.05) is 17.1 Å². The van der Waals surface area contributed by atoms with Crippen LogP contribution >= 0.6 is 23.8 Å². The van der Waals surface area contributed by atoms with Gasteiger partial charge in [0.25, 0.3) is 0 Å². The number of carbonyl (C=O) groups excluding carboxylic acids is 1. The monoisotopic (exact) mass is 257 g/mol. The van der Waals surface area contributed by atoms with Crippen LogP contribution in [-0.2, 0) is 4.79 Å². The zero-order valence-electron chi connectivity index (χ0n) is 8.71. The van der Waals surface area contributed by atoms with Gasteiger partial charge in [0.2, 0.25) is 5.91 Å². The lowest BCUT2D eigenvalue weighted by Crippen LogP contribution is -2.43. The lowest BCUT2D eigenvalue weighted by atomic mass is 10.3. The molecule has 0 unspecified atom stereocenters. The molecular weight excluding hydrogens is 246 g/mol. The van der Waals surface area contributed by atoms with Crippen LogP contribution in [0.3, 0.4) is 0 Å². The number of halogens is 1. The number of thiocarbonyl (C=S) groups is 1. The van der Waals surface area contributed by atoms with Crippen molar-refractivity contribution in [2.75, 3.05) is 5.32 Å². The third-order valence-corrected chi connectivity index (χ3v) is 2.19. The van der Waals surface area contributed by atoms with Crippen molar-refractivity contribution in [3.05, 3.63) is 29.3 Å². The summed E-state index contributed by atoms with van der Waals surface area (Å²) in [7, 11) is 0. The van der Waals surface area contributed by atoms with Crippen LogP contribution in [0.5, 0.6) is 0 Å². The van der Waals surface area contributed by atoms with Crippen LogP contribution in [0.4, 0.5) is 5.69 Å². The predicted molar refractivity (Wildman–Crippen MR) is 69.2 cm³/mol. The van der Waals surface area contributed by atoms with Gasteiger partial charge in [-0.2, -0.15) is 0 Å². The highest BCUT2D eigenvalue weighted by atomic mass is 35.5. The maximum atomic E-state index is 10.9. The highest BCUT2D eigenvalue weighted by Crippen LogP contribution is 2.12. The molecule has 0 saturated heterocycles. The van der Waals surface area contributed by atoms with E-state index in [-0.39, 0.29) is 5.91 Å². The van der Waals surface area contributed by atoms with Gasteiger partial charge in [0.15, 0.2) is 5.11 Å². The Morgan fingerprint density at radius 1 is 1.31 bits per heavy atom. The molecule has 86 valence electrons. The molecule has 0 bridgehead atoms. The quantitative estimate of drug-likeness (QED) is 0.561. The Labute approximate surface area is 104 Å². The SMILES string of the molecule is CCC(=O)NNC(=S)Nc1ccc(Cl)cc1. The third kappa shape index (κ3) is 4.46. The molecule has 1 amide bonds. The van der Waals surface area contributed by atoms with Gasteiger partial charge in [0.1, 0.15) is 0 Å². The minimum Gasteiger partial charge on any atom is -0.331 e. The summed E-state index contributed by atoms with van der Waals surface area (Å²) in [5.41, 5.74) is 5.83. The first-order valence-electron chi connectivity index (χ1n) is 4.73. The third-order valence-electron chi connectivity index (χ3n) is 1.74. The van der Waals surface area contributed by atoms with Crippen LogP contribution < -0.4 is 16.2 Å². The number of rotatable bonds is 2. The van der Waals surface area contributed by atoms with E-state index in [2.05, 4.69) is 16.2 Å². The largest absolute Gasteiger partial charge is 0.331 e. The minimum absolute atomic E-state index is 0.125. The number of hydrogen-bond acceptors (Lipinski definition) is 2. The smallest absolute Gasteiger partial charge is 0.238 e. The average molecular weight is 258 g/mol. The molecule has 0 aliphatic heterocycles. The molecule has 1 aromatic carbocycles. The fraction of sp³-hybridized carbons (Fsp3) is 0.200. The summed E-state index contributed by atoms with van der Waals surface area (Å²) < 4.78 is 0. The standard InChI is InChI=1S/C10H12ClN3OS/c1-2-9(15)13-14-10(16)12-8-5-3-7(11)4-6-8/h3-6H,2H2,1H3,(H,13,15)(H2,12,14,16). The van der Waals surface area contributed by atoms with Gasteiger partial charge < -0.3 is 5.32 Å². The molecule has 0 aliphatic carbocycles. The van der Waals surface area contributed by atoms with Crippen molar-refractivity contribution in [2.45, 2.75) is 13.3 Å². The zero-order valence-corrected chi connectivity index (χ0v) is 10.3. The maximum Gasteiger partial charge on any atom is 0.238 e. The van der Waals surface area contributed by atoms with Gasteiger partial charge in [-0.3, -0.25) is 15.6 Å². The topological polar surface area (TPSA) is 53.2 Å². The van der Waals surface area contributed by atoms with Crippen LogP contribution in [0, 0.1) is 0 Å². The Morgan fingerprint density at radius 2 is 1.94 bits per heavy atom. The van der Waals surface area contributed by atoms with Gasteiger partial charge >= 0.3 is 0 Å². The molecule has 0 aliphatic rings. The first-order chi connectivity index (χ1) is 7.61. The Bertz CT molecular complexity index is 380. The van der Waals surface area contributed by atoms with Crippen molar-refractivity contribution in [1.82, 2.24) is 10.9 Å². The van der Waals surface area contributed by atoms with Crippen LogP contribution in [0.15, 0.2) is 24.3 Å². The summed E-state index contributed by atoms with van der Waals surface area (Å²) in [6.45, 7) is 1.76. The summed E-state index contributed by atoms with van der Waals surface area (Å²) in [6.07, 6.45) is 0.399. The highest BCUT2D eigenvalue weighted by Gasteiger charge is 1.99. The number of hydrazine groups is 1. The van der Waals surface area contributed by atoms with E-state index in [1.807, 2.05) is 0 Å². The van der Waals surface area contributed by atoms with E-state index in [4.69, 9.17) is 23.8 Å². The van der Waals surface area contributed by atoms with Crippen molar-refractivity contribution in [3.8, 4) is 0 Å². The Kier molecular flexibility index (Phi) is 5.01. The Balaban J connectivity index is 2.40. The Morgan fingerprint density at radius 3 is 2.50 bits per heavy atom. The number of carbonyl (C=O) groups is 1. The minimum atomic E-state index is -0.125. The molecule has 3 N–H and O–H groups in total. The van der Waals surface area contributed by atoms with Crippen LogP contribution in [0.25, 0.3) is 0 Å². The fourth-order valence-corrected chi connectivity index (χ4v) is 1.21. The Hall–Kier alpha value is -1.33. The second-order valence-corrected chi connectivity index (χ2v) is 3.83. The molecule has 0 saturated carbocycles. The normalized spacial score (nSPS) is 9.38. The molecule has 1 rings (SSSR count). The first kappa shape index (κ1) is 12.7. The first-order valence-corrected chi connectivity index (χ1v) is 5.52. The van der Waals surface area contributed by atoms with E-state index in [0.717, 1.165) is 5.69 Å². The molecule has 0 atom stereocenters. The second kappa shape index (κ2) is 6.30. The zero-order chi connectivity index (χ0) is 12.0. The van der Waals surface area contributed by atoms with Gasteiger partial charge in [0.05, 0.1) is 0 Å². The summed E-state index contributed by atoms with van der Waals surface area (Å²) in [4.78, 5) is 10.9. The number of anilines is 1. The molecule has 16 heavy (non-hydrogen) atoms. The van der Waals surface area contributed by atoms with E-state index >= 15 is 0 Å². The van der Waals surface area contributed by atoms with Crippen LogP contribution in [-0.4, -0.2) is 11.0 Å². The summed E-state index contributed by atoms with van der Waals surface area (Å²) >= 11 is 10.7. The van der Waals surface area contributed by atoms with Crippen molar-refractivity contribution >= 4 is 40.5 Å². The van der Waals surface area contributed by atoms with Crippen molar-refractivity contribution in [2.24, 2.45) is 0 Å². The van der Waals surface area contributed by atoms with Crippen LogP contribution in [0.1, 0.15) is 13.3 Å². The van der Waals surface area contributed by atoms with E-state index < -0.39 is 0 Å². The molecule has 0 fully saturated rings. The molecular formula is C10H12ClN3OS. The second-order valence-electron chi connectivity index (χ2n) is 2.99. The van der Waals surface area contributed by atoms with Crippen molar-refractivity contribution < 1.29 is 4.79 Å². The molecule has 6 heteroatoms. The van der Waals surface area contributed by atoms with E-state index in [1.54, 1.807) is 31.2 Å². The van der Waals surface area contributed by atoms with E-state index in [0.29, 0.717) is 16.6 Å². The molecule has 0 aromatic heterocycles. The predicted octanol–water partition coefficient (Wildman–Crippen LogP) is 2.07. The van der Waals surface area contributed by atoms with E-state index in [9.17, 15) is 4.79 Å². The van der Waals surface area contributed by atoms with Gasteiger partial charge in [-0.05, 0) is 36.5 Å².